The highest BCUT2D eigenvalue weighted by atomic mass is 19.4. The summed E-state index contributed by atoms with van der Waals surface area (Å²) in [6.07, 6.45) is -3.92. The number of alkyl halides is 3. The number of β-amino-alcohol motifs (C(OH)–C–C–N with tert-alkyl or cyclic N) is 1. The third-order valence-corrected chi connectivity index (χ3v) is 3.34. The molecule has 0 radical (unpaired) electrons. The lowest BCUT2D eigenvalue weighted by molar-refractivity contribution is -0.0821. The predicted octanol–water partition coefficient (Wildman–Crippen LogP) is 0.579. The number of hydrogen-bond acceptors (Lipinski definition) is 3. The lowest BCUT2D eigenvalue weighted by atomic mass is 9.84. The summed E-state index contributed by atoms with van der Waals surface area (Å²) >= 11 is 0. The van der Waals surface area contributed by atoms with Crippen molar-refractivity contribution >= 4 is 0 Å². The number of rotatable bonds is 1. The van der Waals surface area contributed by atoms with Crippen LogP contribution in [0.5, 0.6) is 0 Å². The van der Waals surface area contributed by atoms with Gasteiger partial charge in [-0.2, -0.15) is 13.2 Å². The Labute approximate surface area is 91.0 Å². The summed E-state index contributed by atoms with van der Waals surface area (Å²) in [5.74, 6) is -0.669. The highest BCUT2D eigenvalue weighted by Gasteiger charge is 2.55. The first-order chi connectivity index (χ1) is 7.34. The molecule has 0 unspecified atom stereocenters. The number of piperidine rings is 1. The van der Waals surface area contributed by atoms with Gasteiger partial charge in [0.05, 0.1) is 12.2 Å². The minimum atomic E-state index is -4.38. The Morgan fingerprint density at radius 1 is 1.25 bits per heavy atom. The third-order valence-electron chi connectivity index (χ3n) is 3.34. The van der Waals surface area contributed by atoms with E-state index in [9.17, 15) is 23.4 Å². The summed E-state index contributed by atoms with van der Waals surface area (Å²) in [4.78, 5) is 0. The zero-order valence-corrected chi connectivity index (χ0v) is 8.54. The second kappa shape index (κ2) is 3.72. The van der Waals surface area contributed by atoms with Gasteiger partial charge in [-0.05, 0) is 12.8 Å². The highest BCUT2D eigenvalue weighted by molar-refractivity contribution is 5.19. The van der Waals surface area contributed by atoms with E-state index in [-0.39, 0.29) is 12.6 Å². The molecule has 16 heavy (non-hydrogen) atoms. The summed E-state index contributed by atoms with van der Waals surface area (Å²) in [6, 6.07) is 0. The van der Waals surface area contributed by atoms with Crippen LogP contribution in [-0.4, -0.2) is 40.7 Å². The normalized spacial score (nSPS) is 38.2. The Kier molecular flexibility index (Phi) is 2.76. The predicted molar refractivity (Wildman–Crippen MR) is 50.7 cm³/mol. The molecule has 1 aliphatic heterocycles. The smallest absolute Gasteiger partial charge is 0.390 e. The maximum Gasteiger partial charge on any atom is 0.409 e. The van der Waals surface area contributed by atoms with E-state index in [1.165, 1.54) is 0 Å². The minimum absolute atomic E-state index is 0.140. The molecule has 1 heterocycles. The first-order valence-corrected chi connectivity index (χ1v) is 5.21. The van der Waals surface area contributed by atoms with Crippen LogP contribution in [0.15, 0.2) is 12.2 Å². The van der Waals surface area contributed by atoms with Crippen LogP contribution in [0.1, 0.15) is 12.8 Å². The summed E-state index contributed by atoms with van der Waals surface area (Å²) in [6.45, 7) is 0.234. The fraction of sp³-hybridized carbons (Fsp3) is 0.800. The van der Waals surface area contributed by atoms with E-state index in [1.54, 1.807) is 0 Å². The number of hydrogen-bond donors (Lipinski definition) is 3. The van der Waals surface area contributed by atoms with Gasteiger partial charge in [-0.15, -0.1) is 0 Å². The summed E-state index contributed by atoms with van der Waals surface area (Å²) in [5, 5.41) is 22.1. The van der Waals surface area contributed by atoms with Crippen LogP contribution >= 0.6 is 0 Å². The summed E-state index contributed by atoms with van der Waals surface area (Å²) < 4.78 is 36.2. The monoisotopic (exact) mass is 237 g/mol. The molecule has 2 fully saturated rings. The van der Waals surface area contributed by atoms with Crippen molar-refractivity contribution in [2.75, 3.05) is 6.54 Å². The van der Waals surface area contributed by atoms with Crippen molar-refractivity contribution in [3.63, 3.8) is 0 Å². The Balaban J connectivity index is 2.12. The Morgan fingerprint density at radius 3 is 2.38 bits per heavy atom. The first kappa shape index (κ1) is 11.9. The SMILES string of the molecule is O[C@H]1[C@H](O)CNC2(CC2)[C@@H]1/C=C/C(F)(F)F. The van der Waals surface area contributed by atoms with E-state index < -0.39 is 29.8 Å². The fourth-order valence-electron chi connectivity index (χ4n) is 2.27. The zero-order chi connectivity index (χ0) is 12.0. The van der Waals surface area contributed by atoms with Crippen LogP contribution in [0.4, 0.5) is 13.2 Å². The van der Waals surface area contributed by atoms with Crippen molar-refractivity contribution in [3.8, 4) is 0 Å². The van der Waals surface area contributed by atoms with Crippen molar-refractivity contribution in [2.24, 2.45) is 5.92 Å². The van der Waals surface area contributed by atoms with Gasteiger partial charge in [0.15, 0.2) is 0 Å². The number of allylic oxidation sites excluding steroid dienone is 1. The maximum atomic E-state index is 12.1. The average Bonchev–Trinajstić information content (AvgIpc) is 2.92. The molecule has 0 aromatic rings. The van der Waals surface area contributed by atoms with Crippen LogP contribution in [0.3, 0.4) is 0 Å². The highest BCUT2D eigenvalue weighted by Crippen LogP contribution is 2.47. The quantitative estimate of drug-likeness (QED) is 0.585. The molecular weight excluding hydrogens is 223 g/mol. The van der Waals surface area contributed by atoms with E-state index in [2.05, 4.69) is 5.32 Å². The number of halogens is 3. The molecular formula is C10H14F3NO2. The molecule has 6 heteroatoms. The molecule has 3 nitrogen and oxygen atoms in total. The summed E-state index contributed by atoms with van der Waals surface area (Å²) in [7, 11) is 0. The standard InChI is InChI=1S/C10H14F3NO2/c11-10(12,13)2-1-6-8(16)7(15)5-14-9(6)3-4-9/h1-2,6-8,14-16H,3-5H2/b2-1+/t6-,7-,8-/m1/s1. The molecule has 1 aliphatic carbocycles. The van der Waals surface area contributed by atoms with Gasteiger partial charge >= 0.3 is 6.18 Å². The molecule has 1 spiro atoms. The zero-order valence-electron chi connectivity index (χ0n) is 8.54. The molecule has 2 rings (SSSR count). The van der Waals surface area contributed by atoms with E-state index >= 15 is 0 Å². The first-order valence-electron chi connectivity index (χ1n) is 5.21. The van der Waals surface area contributed by atoms with Gasteiger partial charge in [0.1, 0.15) is 0 Å². The largest absolute Gasteiger partial charge is 0.409 e. The second-order valence-electron chi connectivity index (χ2n) is 4.52. The molecule has 1 saturated heterocycles. The van der Waals surface area contributed by atoms with E-state index in [0.29, 0.717) is 0 Å². The maximum absolute atomic E-state index is 12.1. The third kappa shape index (κ3) is 2.23. The van der Waals surface area contributed by atoms with E-state index in [0.717, 1.165) is 18.9 Å². The van der Waals surface area contributed by atoms with E-state index in [4.69, 9.17) is 0 Å². The van der Waals surface area contributed by atoms with Crippen molar-refractivity contribution < 1.29 is 23.4 Å². The van der Waals surface area contributed by atoms with Gasteiger partial charge in [0.25, 0.3) is 0 Å². The van der Waals surface area contributed by atoms with Crippen LogP contribution in [0, 0.1) is 5.92 Å². The van der Waals surface area contributed by atoms with Crippen LogP contribution in [-0.2, 0) is 0 Å². The Hall–Kier alpha value is -0.590. The molecule has 92 valence electrons. The topological polar surface area (TPSA) is 52.5 Å². The molecule has 0 bridgehead atoms. The van der Waals surface area contributed by atoms with Crippen molar-refractivity contribution in [1.82, 2.24) is 5.32 Å². The van der Waals surface area contributed by atoms with Crippen LogP contribution in [0.2, 0.25) is 0 Å². The molecule has 0 amide bonds. The van der Waals surface area contributed by atoms with Crippen molar-refractivity contribution in [3.05, 3.63) is 12.2 Å². The average molecular weight is 237 g/mol. The second-order valence-corrected chi connectivity index (χ2v) is 4.52. The minimum Gasteiger partial charge on any atom is -0.390 e. The van der Waals surface area contributed by atoms with E-state index in [1.807, 2.05) is 0 Å². The number of aliphatic hydroxyl groups is 2. The Morgan fingerprint density at radius 2 is 1.88 bits per heavy atom. The summed E-state index contributed by atoms with van der Waals surface area (Å²) in [5.41, 5.74) is -0.430. The van der Waals surface area contributed by atoms with Crippen LogP contribution < -0.4 is 5.32 Å². The fourth-order valence-corrected chi connectivity index (χ4v) is 2.27. The van der Waals surface area contributed by atoms with Gasteiger partial charge < -0.3 is 15.5 Å². The van der Waals surface area contributed by atoms with Gasteiger partial charge in [0.2, 0.25) is 0 Å². The molecule has 3 atom stereocenters. The lowest BCUT2D eigenvalue weighted by Crippen LogP contribution is -2.57. The molecule has 0 aromatic heterocycles. The van der Waals surface area contributed by atoms with Crippen molar-refractivity contribution in [2.45, 2.75) is 36.8 Å². The van der Waals surface area contributed by atoms with Gasteiger partial charge in [-0.25, -0.2) is 0 Å². The van der Waals surface area contributed by atoms with Gasteiger partial charge in [-0.1, -0.05) is 6.08 Å². The Bertz CT molecular complexity index is 299. The number of nitrogens with one attached hydrogen (secondary N) is 1. The van der Waals surface area contributed by atoms with Crippen LogP contribution in [0.25, 0.3) is 0 Å². The molecule has 0 aromatic carbocycles. The molecule has 3 N–H and O–H groups in total. The lowest BCUT2D eigenvalue weighted by Gasteiger charge is -2.38. The van der Waals surface area contributed by atoms with Gasteiger partial charge in [0, 0.05) is 24.1 Å². The van der Waals surface area contributed by atoms with Gasteiger partial charge in [-0.3, -0.25) is 0 Å². The number of aliphatic hydroxyl groups excluding tert-OH is 2. The molecule has 1 saturated carbocycles. The molecule has 2 aliphatic rings. The van der Waals surface area contributed by atoms with Crippen molar-refractivity contribution in [1.29, 1.82) is 0 Å².